The lowest BCUT2D eigenvalue weighted by Gasteiger charge is -2.03. The van der Waals surface area contributed by atoms with Crippen molar-refractivity contribution in [2.45, 2.75) is 25.5 Å². The summed E-state index contributed by atoms with van der Waals surface area (Å²) in [4.78, 5) is 3.90. The Morgan fingerprint density at radius 1 is 1.62 bits per heavy atom. The lowest BCUT2D eigenvalue weighted by molar-refractivity contribution is 0.293. The maximum Gasteiger partial charge on any atom is 0.0925 e. The molecule has 3 heteroatoms. The van der Waals surface area contributed by atoms with Crippen LogP contribution in [0.1, 0.15) is 20.3 Å². The van der Waals surface area contributed by atoms with E-state index in [-0.39, 0.29) is 0 Å². The van der Waals surface area contributed by atoms with Gasteiger partial charge in [-0.2, -0.15) is 12.6 Å². The van der Waals surface area contributed by atoms with E-state index in [0.717, 1.165) is 17.9 Å². The van der Waals surface area contributed by atoms with Crippen LogP contribution in [-0.2, 0) is 4.74 Å². The van der Waals surface area contributed by atoms with Gasteiger partial charge in [-0.05, 0) is 25.8 Å². The standard InChI is InChI=1S/C10H17NOS/c1-8(12-4)5-6-10(11-3)7-9(2)13/h5-6,9,13H,3,7H2,1-2,4H3/b8-5+,10-6-. The molecule has 13 heavy (non-hydrogen) atoms. The molecular weight excluding hydrogens is 182 g/mol. The summed E-state index contributed by atoms with van der Waals surface area (Å²) >= 11 is 4.28. The first-order chi connectivity index (χ1) is 6.10. The minimum absolute atomic E-state index is 0.299. The number of aliphatic imine (C=N–C) groups is 1. The molecule has 0 aromatic carbocycles. The second-order valence-electron chi connectivity index (χ2n) is 2.85. The Labute approximate surface area is 85.8 Å². The van der Waals surface area contributed by atoms with Crippen LogP contribution in [0.5, 0.6) is 0 Å². The molecule has 0 aliphatic heterocycles. The molecule has 2 nitrogen and oxygen atoms in total. The van der Waals surface area contributed by atoms with Crippen LogP contribution in [0.25, 0.3) is 0 Å². The Morgan fingerprint density at radius 2 is 2.23 bits per heavy atom. The van der Waals surface area contributed by atoms with Crippen LogP contribution in [0.4, 0.5) is 0 Å². The highest BCUT2D eigenvalue weighted by Crippen LogP contribution is 2.11. The summed E-state index contributed by atoms with van der Waals surface area (Å²) in [6, 6.07) is 0. The number of hydrogen-bond donors (Lipinski definition) is 1. The SMILES string of the molecule is C=N/C(=C\C=C(/C)OC)CC(C)S. The van der Waals surface area contributed by atoms with Crippen LogP contribution in [0.3, 0.4) is 0 Å². The van der Waals surface area contributed by atoms with Crippen LogP contribution in [-0.4, -0.2) is 19.1 Å². The Balaban J connectivity index is 4.30. The number of hydrogen-bond acceptors (Lipinski definition) is 3. The van der Waals surface area contributed by atoms with Crippen molar-refractivity contribution < 1.29 is 4.74 Å². The summed E-state index contributed by atoms with van der Waals surface area (Å²) in [5, 5.41) is 0.299. The predicted molar refractivity (Wildman–Crippen MR) is 61.5 cm³/mol. The van der Waals surface area contributed by atoms with E-state index in [4.69, 9.17) is 4.74 Å². The lowest BCUT2D eigenvalue weighted by Crippen LogP contribution is -1.92. The second-order valence-corrected chi connectivity index (χ2v) is 3.73. The first-order valence-corrected chi connectivity index (χ1v) is 4.68. The van der Waals surface area contributed by atoms with E-state index < -0.39 is 0 Å². The maximum absolute atomic E-state index is 4.99. The maximum atomic E-state index is 4.99. The topological polar surface area (TPSA) is 21.6 Å². The van der Waals surface area contributed by atoms with E-state index in [1.165, 1.54) is 0 Å². The van der Waals surface area contributed by atoms with Gasteiger partial charge in [-0.3, -0.25) is 4.99 Å². The van der Waals surface area contributed by atoms with Gasteiger partial charge in [0, 0.05) is 17.4 Å². The van der Waals surface area contributed by atoms with Crippen LogP contribution >= 0.6 is 12.6 Å². The number of methoxy groups -OCH3 is 1. The van der Waals surface area contributed by atoms with Crippen molar-refractivity contribution in [2.75, 3.05) is 7.11 Å². The quantitative estimate of drug-likeness (QED) is 0.313. The number of ether oxygens (including phenoxy) is 1. The van der Waals surface area contributed by atoms with Gasteiger partial charge >= 0.3 is 0 Å². The molecule has 0 rings (SSSR count). The van der Waals surface area contributed by atoms with Gasteiger partial charge in [0.2, 0.25) is 0 Å². The van der Waals surface area contributed by atoms with E-state index in [1.54, 1.807) is 7.11 Å². The van der Waals surface area contributed by atoms with Gasteiger partial charge in [-0.1, -0.05) is 6.92 Å². The minimum Gasteiger partial charge on any atom is -0.501 e. The van der Waals surface area contributed by atoms with Crippen molar-refractivity contribution in [3.05, 3.63) is 23.6 Å². The highest BCUT2D eigenvalue weighted by Gasteiger charge is 1.97. The monoisotopic (exact) mass is 199 g/mol. The molecule has 0 fully saturated rings. The normalized spacial score (nSPS) is 15.4. The Kier molecular flexibility index (Phi) is 6.41. The molecule has 0 N–H and O–H groups in total. The molecule has 0 aliphatic carbocycles. The van der Waals surface area contributed by atoms with Gasteiger partial charge in [-0.15, -0.1) is 0 Å². The molecular formula is C10H17NOS. The fourth-order valence-corrected chi connectivity index (χ4v) is 0.957. The van der Waals surface area contributed by atoms with Crippen molar-refractivity contribution in [1.29, 1.82) is 0 Å². The molecule has 0 heterocycles. The van der Waals surface area contributed by atoms with E-state index >= 15 is 0 Å². The number of nitrogens with zero attached hydrogens (tertiary/aromatic N) is 1. The van der Waals surface area contributed by atoms with Crippen LogP contribution in [0.15, 0.2) is 28.6 Å². The highest BCUT2D eigenvalue weighted by molar-refractivity contribution is 7.80. The summed E-state index contributed by atoms with van der Waals surface area (Å²) in [5.74, 6) is 0.855. The van der Waals surface area contributed by atoms with Crippen molar-refractivity contribution in [3.8, 4) is 0 Å². The molecule has 1 unspecified atom stereocenters. The van der Waals surface area contributed by atoms with Crippen LogP contribution in [0.2, 0.25) is 0 Å². The molecule has 0 spiro atoms. The number of thiol groups is 1. The summed E-state index contributed by atoms with van der Waals surface area (Å²) < 4.78 is 4.99. The van der Waals surface area contributed by atoms with E-state index in [0.29, 0.717) is 5.25 Å². The van der Waals surface area contributed by atoms with Crippen molar-refractivity contribution in [1.82, 2.24) is 0 Å². The summed E-state index contributed by atoms with van der Waals surface area (Å²) in [6.45, 7) is 7.41. The third kappa shape index (κ3) is 6.46. The highest BCUT2D eigenvalue weighted by atomic mass is 32.1. The zero-order chi connectivity index (χ0) is 10.3. The Morgan fingerprint density at radius 3 is 2.62 bits per heavy atom. The molecule has 0 aromatic heterocycles. The van der Waals surface area contributed by atoms with Gasteiger partial charge in [0.05, 0.1) is 12.9 Å². The van der Waals surface area contributed by atoms with E-state index in [1.807, 2.05) is 26.0 Å². The molecule has 1 atom stereocenters. The van der Waals surface area contributed by atoms with Crippen molar-refractivity contribution in [3.63, 3.8) is 0 Å². The van der Waals surface area contributed by atoms with Crippen molar-refractivity contribution in [2.24, 2.45) is 4.99 Å². The third-order valence-corrected chi connectivity index (χ3v) is 1.72. The molecule has 0 radical (unpaired) electrons. The largest absolute Gasteiger partial charge is 0.501 e. The van der Waals surface area contributed by atoms with Crippen LogP contribution < -0.4 is 0 Å². The Hall–Kier alpha value is -0.700. The first-order valence-electron chi connectivity index (χ1n) is 4.16. The minimum atomic E-state index is 0.299. The first kappa shape index (κ1) is 12.3. The zero-order valence-corrected chi connectivity index (χ0v) is 9.34. The summed E-state index contributed by atoms with van der Waals surface area (Å²) in [7, 11) is 1.64. The second kappa shape index (κ2) is 6.78. The third-order valence-electron chi connectivity index (χ3n) is 1.54. The predicted octanol–water partition coefficient (Wildman–Crippen LogP) is 2.83. The molecule has 0 aliphatic rings. The fourth-order valence-electron chi connectivity index (χ4n) is 0.770. The van der Waals surface area contributed by atoms with Crippen molar-refractivity contribution >= 4 is 19.3 Å². The molecule has 0 saturated carbocycles. The fraction of sp³-hybridized carbons (Fsp3) is 0.500. The molecule has 0 amide bonds. The van der Waals surface area contributed by atoms with E-state index in [9.17, 15) is 0 Å². The van der Waals surface area contributed by atoms with Gasteiger partial charge in [-0.25, -0.2) is 0 Å². The average Bonchev–Trinajstić information content (AvgIpc) is 2.10. The average molecular weight is 199 g/mol. The molecule has 74 valence electrons. The summed E-state index contributed by atoms with van der Waals surface area (Å²) in [6.07, 6.45) is 4.60. The molecule has 0 saturated heterocycles. The molecule has 0 aromatic rings. The smallest absolute Gasteiger partial charge is 0.0925 e. The lowest BCUT2D eigenvalue weighted by atomic mass is 10.2. The van der Waals surface area contributed by atoms with E-state index in [2.05, 4.69) is 24.3 Å². The zero-order valence-electron chi connectivity index (χ0n) is 8.45. The van der Waals surface area contributed by atoms with Gasteiger partial charge in [0.15, 0.2) is 0 Å². The summed E-state index contributed by atoms with van der Waals surface area (Å²) in [5.41, 5.74) is 0.930. The van der Waals surface area contributed by atoms with Gasteiger partial charge in [0.25, 0.3) is 0 Å². The van der Waals surface area contributed by atoms with Gasteiger partial charge < -0.3 is 4.74 Å². The van der Waals surface area contributed by atoms with Crippen LogP contribution in [0, 0.1) is 0 Å². The molecule has 0 bridgehead atoms. The number of allylic oxidation sites excluding steroid dienone is 4. The van der Waals surface area contributed by atoms with Gasteiger partial charge in [0.1, 0.15) is 0 Å². The number of rotatable bonds is 5. The Bertz CT molecular complexity index is 219.